The quantitative estimate of drug-likeness (QED) is 0.678. The zero-order valence-corrected chi connectivity index (χ0v) is 9.01. The zero-order chi connectivity index (χ0) is 11.1. The second-order valence-corrected chi connectivity index (χ2v) is 4.39. The first kappa shape index (κ1) is 9.35. The van der Waals surface area contributed by atoms with Crippen molar-refractivity contribution < 1.29 is 4.39 Å². The summed E-state index contributed by atoms with van der Waals surface area (Å²) in [6, 6.07) is 6.36. The van der Waals surface area contributed by atoms with Crippen molar-refractivity contribution in [2.24, 2.45) is 0 Å². The predicted molar refractivity (Wildman–Crippen MR) is 63.8 cm³/mol. The lowest BCUT2D eigenvalue weighted by molar-refractivity contribution is 0.629. The van der Waals surface area contributed by atoms with Gasteiger partial charge in [0.1, 0.15) is 11.6 Å². The number of thiophene rings is 1. The van der Waals surface area contributed by atoms with Gasteiger partial charge in [0, 0.05) is 0 Å². The Morgan fingerprint density at radius 3 is 2.94 bits per heavy atom. The first-order valence-corrected chi connectivity index (χ1v) is 5.60. The molecule has 0 saturated carbocycles. The molecule has 0 aliphatic heterocycles. The number of hydrogen-bond donors (Lipinski definition) is 2. The van der Waals surface area contributed by atoms with Gasteiger partial charge in [0.15, 0.2) is 0 Å². The van der Waals surface area contributed by atoms with Gasteiger partial charge in [-0.15, -0.1) is 11.3 Å². The molecule has 2 aromatic heterocycles. The van der Waals surface area contributed by atoms with Gasteiger partial charge in [0.25, 0.3) is 0 Å². The van der Waals surface area contributed by atoms with Crippen LogP contribution in [0.1, 0.15) is 0 Å². The monoisotopic (exact) mass is 233 g/mol. The first-order valence-electron chi connectivity index (χ1n) is 4.72. The van der Waals surface area contributed by atoms with E-state index in [1.54, 1.807) is 6.07 Å². The number of aromatic amines is 1. The lowest BCUT2D eigenvalue weighted by Gasteiger charge is -1.92. The van der Waals surface area contributed by atoms with Gasteiger partial charge in [0.2, 0.25) is 0 Å². The van der Waals surface area contributed by atoms with E-state index in [1.165, 1.54) is 23.5 Å². The number of nitrogen functional groups attached to an aromatic ring is 1. The summed E-state index contributed by atoms with van der Waals surface area (Å²) in [6.07, 6.45) is 0. The van der Waals surface area contributed by atoms with Crippen LogP contribution in [-0.4, -0.2) is 9.97 Å². The summed E-state index contributed by atoms with van der Waals surface area (Å²) >= 11 is 1.46. The number of aromatic nitrogens is 2. The van der Waals surface area contributed by atoms with Crippen LogP contribution >= 0.6 is 11.3 Å². The molecule has 3 aromatic rings. The van der Waals surface area contributed by atoms with Crippen LogP contribution in [0.5, 0.6) is 0 Å². The normalized spacial score (nSPS) is 11.1. The van der Waals surface area contributed by atoms with Crippen molar-refractivity contribution in [2.75, 3.05) is 5.73 Å². The SMILES string of the molecule is Nc1sccc1-c1nc2ccc(F)cc2[nH]1. The molecule has 2 heterocycles. The Morgan fingerprint density at radius 1 is 1.31 bits per heavy atom. The van der Waals surface area contributed by atoms with Crippen molar-refractivity contribution in [3.05, 3.63) is 35.5 Å². The van der Waals surface area contributed by atoms with Crippen molar-refractivity contribution in [3.8, 4) is 11.4 Å². The van der Waals surface area contributed by atoms with Crippen molar-refractivity contribution in [1.29, 1.82) is 0 Å². The van der Waals surface area contributed by atoms with E-state index in [0.29, 0.717) is 16.3 Å². The van der Waals surface area contributed by atoms with Gasteiger partial charge >= 0.3 is 0 Å². The highest BCUT2D eigenvalue weighted by atomic mass is 32.1. The number of H-pyrrole nitrogens is 1. The molecule has 0 aliphatic rings. The maximum absolute atomic E-state index is 13.0. The molecule has 0 amide bonds. The third-order valence-electron chi connectivity index (χ3n) is 2.39. The highest BCUT2D eigenvalue weighted by molar-refractivity contribution is 7.14. The van der Waals surface area contributed by atoms with Gasteiger partial charge in [0.05, 0.1) is 21.6 Å². The van der Waals surface area contributed by atoms with Gasteiger partial charge < -0.3 is 10.7 Å². The van der Waals surface area contributed by atoms with Crippen molar-refractivity contribution in [3.63, 3.8) is 0 Å². The smallest absolute Gasteiger partial charge is 0.141 e. The maximum Gasteiger partial charge on any atom is 0.141 e. The molecule has 0 bridgehead atoms. The van der Waals surface area contributed by atoms with Crippen LogP contribution in [0.3, 0.4) is 0 Å². The average molecular weight is 233 g/mol. The van der Waals surface area contributed by atoms with Gasteiger partial charge in [-0.25, -0.2) is 9.37 Å². The maximum atomic E-state index is 13.0. The third-order valence-corrected chi connectivity index (χ3v) is 3.14. The molecular weight excluding hydrogens is 225 g/mol. The molecule has 0 spiro atoms. The molecule has 0 radical (unpaired) electrons. The summed E-state index contributed by atoms with van der Waals surface area (Å²) in [7, 11) is 0. The second-order valence-electron chi connectivity index (χ2n) is 3.45. The van der Waals surface area contributed by atoms with E-state index in [-0.39, 0.29) is 5.82 Å². The lowest BCUT2D eigenvalue weighted by Crippen LogP contribution is -1.84. The van der Waals surface area contributed by atoms with Crippen LogP contribution in [0.25, 0.3) is 22.4 Å². The van der Waals surface area contributed by atoms with Crippen LogP contribution in [0, 0.1) is 5.82 Å². The van der Waals surface area contributed by atoms with E-state index < -0.39 is 0 Å². The number of hydrogen-bond acceptors (Lipinski definition) is 3. The fourth-order valence-corrected chi connectivity index (χ4v) is 2.27. The van der Waals surface area contributed by atoms with E-state index in [0.717, 1.165) is 11.1 Å². The highest BCUT2D eigenvalue weighted by Crippen LogP contribution is 2.29. The second kappa shape index (κ2) is 3.31. The molecular formula is C11H8FN3S. The Hall–Kier alpha value is -1.88. The summed E-state index contributed by atoms with van der Waals surface area (Å²) in [5.41, 5.74) is 8.09. The van der Waals surface area contributed by atoms with Crippen LogP contribution in [0.15, 0.2) is 29.6 Å². The van der Waals surface area contributed by atoms with Crippen LogP contribution < -0.4 is 5.73 Å². The van der Waals surface area contributed by atoms with Crippen molar-refractivity contribution in [1.82, 2.24) is 9.97 Å². The average Bonchev–Trinajstić information content (AvgIpc) is 2.82. The molecule has 5 heteroatoms. The first-order chi connectivity index (χ1) is 7.74. The molecule has 0 unspecified atom stereocenters. The minimum Gasteiger partial charge on any atom is -0.390 e. The van der Waals surface area contributed by atoms with Crippen LogP contribution in [-0.2, 0) is 0 Å². The fraction of sp³-hybridized carbons (Fsp3) is 0. The summed E-state index contributed by atoms with van der Waals surface area (Å²) in [4.78, 5) is 7.42. The van der Waals surface area contributed by atoms with Crippen molar-refractivity contribution in [2.45, 2.75) is 0 Å². The third kappa shape index (κ3) is 1.37. The van der Waals surface area contributed by atoms with E-state index in [2.05, 4.69) is 9.97 Å². The van der Waals surface area contributed by atoms with Crippen LogP contribution in [0.4, 0.5) is 9.39 Å². The molecule has 0 aliphatic carbocycles. The summed E-state index contributed by atoms with van der Waals surface area (Å²) in [5, 5.41) is 2.61. The molecule has 80 valence electrons. The molecule has 0 fully saturated rings. The molecule has 3 rings (SSSR count). The highest BCUT2D eigenvalue weighted by Gasteiger charge is 2.09. The number of anilines is 1. The Kier molecular flexibility index (Phi) is 1.94. The largest absolute Gasteiger partial charge is 0.390 e. The minimum absolute atomic E-state index is 0.277. The number of nitrogens with zero attached hydrogens (tertiary/aromatic N) is 1. The van der Waals surface area contributed by atoms with Gasteiger partial charge in [-0.2, -0.15) is 0 Å². The molecule has 1 aromatic carbocycles. The number of rotatable bonds is 1. The van der Waals surface area contributed by atoms with Gasteiger partial charge in [-0.05, 0) is 29.6 Å². The number of imidazole rings is 1. The Balaban J connectivity index is 2.23. The number of nitrogens with two attached hydrogens (primary N) is 1. The number of halogens is 1. The molecule has 0 atom stereocenters. The minimum atomic E-state index is -0.277. The Morgan fingerprint density at radius 2 is 2.19 bits per heavy atom. The van der Waals surface area contributed by atoms with Crippen LogP contribution in [0.2, 0.25) is 0 Å². The number of benzene rings is 1. The molecule has 3 nitrogen and oxygen atoms in total. The predicted octanol–water partition coefficient (Wildman–Crippen LogP) is 3.01. The van der Waals surface area contributed by atoms with Gasteiger partial charge in [-0.3, -0.25) is 0 Å². The molecule has 3 N–H and O–H groups in total. The summed E-state index contributed by atoms with van der Waals surface area (Å²) < 4.78 is 13.0. The standard InChI is InChI=1S/C11H8FN3S/c12-6-1-2-8-9(5-6)15-11(14-8)7-3-4-16-10(7)13/h1-5H,13H2,(H,14,15). The van der Waals surface area contributed by atoms with E-state index >= 15 is 0 Å². The van der Waals surface area contributed by atoms with E-state index in [4.69, 9.17) is 5.73 Å². The Labute approximate surface area is 94.7 Å². The zero-order valence-electron chi connectivity index (χ0n) is 8.20. The van der Waals surface area contributed by atoms with Crippen molar-refractivity contribution >= 4 is 27.4 Å². The summed E-state index contributed by atoms with van der Waals surface area (Å²) in [6.45, 7) is 0. The topological polar surface area (TPSA) is 54.7 Å². The molecule has 16 heavy (non-hydrogen) atoms. The lowest BCUT2D eigenvalue weighted by atomic mass is 10.3. The van der Waals surface area contributed by atoms with Gasteiger partial charge in [-0.1, -0.05) is 0 Å². The number of fused-ring (bicyclic) bond motifs is 1. The Bertz CT molecular complexity index is 656. The van der Waals surface area contributed by atoms with E-state index in [9.17, 15) is 4.39 Å². The van der Waals surface area contributed by atoms with E-state index in [1.807, 2.05) is 11.4 Å². The molecule has 0 saturated heterocycles. The summed E-state index contributed by atoms with van der Waals surface area (Å²) in [5.74, 6) is 0.403. The number of nitrogens with one attached hydrogen (secondary N) is 1. The fourth-order valence-electron chi connectivity index (χ4n) is 1.63.